The summed E-state index contributed by atoms with van der Waals surface area (Å²) >= 11 is 2.43. The van der Waals surface area contributed by atoms with Gasteiger partial charge in [0, 0.05) is 0 Å². The molecule has 0 aliphatic heterocycles. The van der Waals surface area contributed by atoms with E-state index >= 15 is 0 Å². The van der Waals surface area contributed by atoms with Gasteiger partial charge in [0.25, 0.3) is 0 Å². The maximum absolute atomic E-state index is 8.26. The second kappa shape index (κ2) is 2.51. The predicted molar refractivity (Wildman–Crippen MR) is 38.4 cm³/mol. The standard InChI is InChI=1S/C5H4N2S2/c6-3-8-5(1-2-5)9-4-7/h1-2H2. The van der Waals surface area contributed by atoms with Crippen LogP contribution in [0, 0.1) is 21.3 Å². The third kappa shape index (κ3) is 1.54. The monoisotopic (exact) mass is 156 g/mol. The van der Waals surface area contributed by atoms with Crippen molar-refractivity contribution in [1.82, 2.24) is 0 Å². The molecule has 0 unspecified atom stereocenters. The van der Waals surface area contributed by atoms with E-state index in [0.29, 0.717) is 0 Å². The Balaban J connectivity index is 2.38. The normalized spacial score (nSPS) is 19.8. The summed E-state index contributed by atoms with van der Waals surface area (Å²) < 4.78 is -0.0382. The lowest BCUT2D eigenvalue weighted by atomic mass is 10.9. The minimum atomic E-state index is -0.0382. The zero-order valence-corrected chi connectivity index (χ0v) is 6.26. The van der Waals surface area contributed by atoms with Crippen LogP contribution in [0.1, 0.15) is 12.8 Å². The van der Waals surface area contributed by atoms with Gasteiger partial charge in [-0.3, -0.25) is 0 Å². The van der Waals surface area contributed by atoms with Gasteiger partial charge >= 0.3 is 0 Å². The van der Waals surface area contributed by atoms with Gasteiger partial charge in [-0.15, -0.1) is 0 Å². The van der Waals surface area contributed by atoms with Crippen LogP contribution in [0.2, 0.25) is 0 Å². The highest BCUT2D eigenvalue weighted by Gasteiger charge is 2.45. The molecule has 0 bridgehead atoms. The molecule has 0 N–H and O–H groups in total. The molecule has 0 aromatic rings. The summed E-state index contributed by atoms with van der Waals surface area (Å²) in [6, 6.07) is 0. The molecule has 0 spiro atoms. The van der Waals surface area contributed by atoms with Crippen molar-refractivity contribution in [1.29, 1.82) is 10.5 Å². The van der Waals surface area contributed by atoms with Crippen molar-refractivity contribution in [2.75, 3.05) is 0 Å². The highest BCUT2D eigenvalue weighted by molar-refractivity contribution is 8.22. The number of thioether (sulfide) groups is 2. The maximum Gasteiger partial charge on any atom is 0.134 e. The summed E-state index contributed by atoms with van der Waals surface area (Å²) in [5.74, 6) is 0. The Hall–Kier alpha value is -0.320. The fraction of sp³-hybridized carbons (Fsp3) is 0.600. The van der Waals surface area contributed by atoms with Crippen LogP contribution < -0.4 is 0 Å². The molecule has 1 aliphatic rings. The molecular formula is C5H4N2S2. The van der Waals surface area contributed by atoms with E-state index in [0.717, 1.165) is 12.8 Å². The highest BCUT2D eigenvalue weighted by Crippen LogP contribution is 2.56. The van der Waals surface area contributed by atoms with Gasteiger partial charge in [-0.05, 0) is 36.4 Å². The van der Waals surface area contributed by atoms with E-state index in [9.17, 15) is 0 Å². The van der Waals surface area contributed by atoms with Gasteiger partial charge in [-0.1, -0.05) is 0 Å². The number of hydrogen-bond donors (Lipinski definition) is 0. The summed E-state index contributed by atoms with van der Waals surface area (Å²) in [5.41, 5.74) is 0. The molecule has 0 aromatic carbocycles. The van der Waals surface area contributed by atoms with Gasteiger partial charge in [0.05, 0.1) is 4.08 Å². The smallest absolute Gasteiger partial charge is 0.134 e. The van der Waals surface area contributed by atoms with Crippen molar-refractivity contribution in [3.63, 3.8) is 0 Å². The molecule has 0 saturated heterocycles. The Morgan fingerprint density at radius 2 is 1.56 bits per heavy atom. The second-order valence-electron chi connectivity index (χ2n) is 1.80. The Morgan fingerprint density at radius 1 is 1.11 bits per heavy atom. The van der Waals surface area contributed by atoms with Crippen molar-refractivity contribution >= 4 is 23.5 Å². The van der Waals surface area contributed by atoms with Crippen LogP contribution in [-0.4, -0.2) is 4.08 Å². The van der Waals surface area contributed by atoms with Crippen LogP contribution in [0.5, 0.6) is 0 Å². The van der Waals surface area contributed by atoms with Gasteiger partial charge in [0.15, 0.2) is 0 Å². The van der Waals surface area contributed by atoms with E-state index < -0.39 is 0 Å². The molecule has 2 nitrogen and oxygen atoms in total. The zero-order chi connectivity index (χ0) is 6.74. The van der Waals surface area contributed by atoms with E-state index in [2.05, 4.69) is 0 Å². The van der Waals surface area contributed by atoms with Crippen LogP contribution in [0.15, 0.2) is 0 Å². The first kappa shape index (κ1) is 6.80. The fourth-order valence-corrected chi connectivity index (χ4v) is 1.83. The lowest BCUT2D eigenvalue weighted by Crippen LogP contribution is -1.89. The number of rotatable bonds is 2. The lowest BCUT2D eigenvalue weighted by Gasteiger charge is -1.98. The molecule has 1 fully saturated rings. The molecule has 0 radical (unpaired) electrons. The summed E-state index contributed by atoms with van der Waals surface area (Å²) in [5, 5.41) is 20.5. The molecule has 9 heavy (non-hydrogen) atoms. The summed E-state index contributed by atoms with van der Waals surface area (Å²) in [7, 11) is 0. The molecule has 0 amide bonds. The van der Waals surface area contributed by atoms with E-state index in [4.69, 9.17) is 10.5 Å². The van der Waals surface area contributed by atoms with Gasteiger partial charge < -0.3 is 0 Å². The molecule has 0 heterocycles. The largest absolute Gasteiger partial charge is 0.185 e. The quantitative estimate of drug-likeness (QED) is 0.452. The molecule has 0 aromatic heterocycles. The van der Waals surface area contributed by atoms with Gasteiger partial charge in [-0.2, -0.15) is 10.5 Å². The molecule has 1 aliphatic carbocycles. The third-order valence-corrected chi connectivity index (χ3v) is 3.36. The highest BCUT2D eigenvalue weighted by atomic mass is 32.2. The Morgan fingerprint density at radius 3 is 1.78 bits per heavy atom. The van der Waals surface area contributed by atoms with E-state index in [1.165, 1.54) is 23.5 Å². The Kier molecular flexibility index (Phi) is 1.90. The average Bonchev–Trinajstić information content (AvgIpc) is 2.51. The molecule has 4 heteroatoms. The van der Waals surface area contributed by atoms with Gasteiger partial charge in [0.1, 0.15) is 10.8 Å². The number of hydrogen-bond acceptors (Lipinski definition) is 4. The Labute approximate surface area is 62.2 Å². The minimum absolute atomic E-state index is 0.0382. The zero-order valence-electron chi connectivity index (χ0n) is 4.63. The van der Waals surface area contributed by atoms with Crippen LogP contribution in [0.25, 0.3) is 0 Å². The van der Waals surface area contributed by atoms with E-state index in [-0.39, 0.29) is 4.08 Å². The van der Waals surface area contributed by atoms with Crippen molar-refractivity contribution in [2.24, 2.45) is 0 Å². The van der Waals surface area contributed by atoms with Crippen molar-refractivity contribution in [2.45, 2.75) is 16.9 Å². The molecule has 0 atom stereocenters. The topological polar surface area (TPSA) is 47.6 Å². The first-order valence-electron chi connectivity index (χ1n) is 2.47. The maximum atomic E-state index is 8.26. The van der Waals surface area contributed by atoms with Crippen LogP contribution in [0.3, 0.4) is 0 Å². The molecule has 1 rings (SSSR count). The van der Waals surface area contributed by atoms with Crippen molar-refractivity contribution in [3.8, 4) is 10.8 Å². The summed E-state index contributed by atoms with van der Waals surface area (Å²) in [6.07, 6.45) is 2.01. The first-order chi connectivity index (χ1) is 4.33. The van der Waals surface area contributed by atoms with Crippen LogP contribution in [0.4, 0.5) is 0 Å². The predicted octanol–water partition coefficient (Wildman–Crippen LogP) is 1.91. The SMILES string of the molecule is N#CSC1(SC#N)CC1. The minimum Gasteiger partial charge on any atom is -0.185 e. The molecular weight excluding hydrogens is 152 g/mol. The summed E-state index contributed by atoms with van der Waals surface area (Å²) in [6.45, 7) is 0. The van der Waals surface area contributed by atoms with Gasteiger partial charge in [0.2, 0.25) is 0 Å². The first-order valence-corrected chi connectivity index (χ1v) is 4.10. The molecule has 46 valence electrons. The lowest BCUT2D eigenvalue weighted by molar-refractivity contribution is 1.41. The van der Waals surface area contributed by atoms with Crippen LogP contribution in [-0.2, 0) is 0 Å². The number of thiocyanates is 2. The Bertz CT molecular complexity index is 166. The van der Waals surface area contributed by atoms with E-state index in [1.807, 2.05) is 10.8 Å². The molecule has 1 saturated carbocycles. The summed E-state index contributed by atoms with van der Waals surface area (Å²) in [4.78, 5) is 0. The van der Waals surface area contributed by atoms with Crippen molar-refractivity contribution in [3.05, 3.63) is 0 Å². The second-order valence-corrected chi connectivity index (χ2v) is 4.39. The van der Waals surface area contributed by atoms with Crippen LogP contribution >= 0.6 is 23.5 Å². The average molecular weight is 156 g/mol. The fourth-order valence-electron chi connectivity index (χ4n) is 0.493. The number of nitrogens with zero attached hydrogens (tertiary/aromatic N) is 2. The van der Waals surface area contributed by atoms with Crippen molar-refractivity contribution < 1.29 is 0 Å². The number of nitriles is 2. The van der Waals surface area contributed by atoms with Gasteiger partial charge in [-0.25, -0.2) is 0 Å². The third-order valence-electron chi connectivity index (χ3n) is 1.12. The van der Waals surface area contributed by atoms with E-state index in [1.54, 1.807) is 0 Å².